The Hall–Kier alpha value is -3.48. The normalized spacial score (nSPS) is 15.1. The van der Waals surface area contributed by atoms with Crippen molar-refractivity contribution in [3.8, 4) is 0 Å². The van der Waals surface area contributed by atoms with Gasteiger partial charge in [-0.2, -0.15) is 5.10 Å². The predicted octanol–water partition coefficient (Wildman–Crippen LogP) is 3.71. The second-order valence-electron chi connectivity index (χ2n) is 8.33. The van der Waals surface area contributed by atoms with Crippen LogP contribution >= 0.6 is 0 Å². The second kappa shape index (κ2) is 7.65. The van der Waals surface area contributed by atoms with Gasteiger partial charge in [0.1, 0.15) is 11.3 Å². The van der Waals surface area contributed by atoms with Crippen molar-refractivity contribution < 1.29 is 9.18 Å². The van der Waals surface area contributed by atoms with Crippen LogP contribution in [0.5, 0.6) is 0 Å². The maximum Gasteiger partial charge on any atom is 0.277 e. The zero-order chi connectivity index (χ0) is 21.5. The summed E-state index contributed by atoms with van der Waals surface area (Å²) >= 11 is 0. The van der Waals surface area contributed by atoms with E-state index in [9.17, 15) is 14.0 Å². The number of benzene rings is 2. The van der Waals surface area contributed by atoms with Gasteiger partial charge in [0, 0.05) is 18.7 Å². The van der Waals surface area contributed by atoms with Crippen molar-refractivity contribution in [2.24, 2.45) is 5.92 Å². The monoisotopic (exact) mass is 418 g/mol. The van der Waals surface area contributed by atoms with Gasteiger partial charge in [0.05, 0.1) is 23.8 Å². The summed E-state index contributed by atoms with van der Waals surface area (Å²) in [7, 11) is 0. The number of amides is 1. The summed E-state index contributed by atoms with van der Waals surface area (Å²) in [5, 5.41) is 4.29. The van der Waals surface area contributed by atoms with Gasteiger partial charge in [-0.25, -0.2) is 8.91 Å². The van der Waals surface area contributed by atoms with E-state index in [1.807, 2.05) is 11.0 Å². The molecule has 7 heteroatoms. The van der Waals surface area contributed by atoms with E-state index in [-0.39, 0.29) is 23.8 Å². The average molecular weight is 418 g/mol. The number of aromatic nitrogens is 3. The Labute approximate surface area is 178 Å². The maximum atomic E-state index is 13.7. The molecule has 0 spiro atoms. The van der Waals surface area contributed by atoms with Crippen LogP contribution in [0.15, 0.2) is 59.5 Å². The smallest absolute Gasteiger partial charge is 0.277 e. The van der Waals surface area contributed by atoms with Gasteiger partial charge in [-0.3, -0.25) is 9.59 Å². The zero-order valence-electron chi connectivity index (χ0n) is 17.3. The molecule has 0 unspecified atom stereocenters. The summed E-state index contributed by atoms with van der Waals surface area (Å²) in [6, 6.07) is 13.3. The first-order chi connectivity index (χ1) is 15.0. The van der Waals surface area contributed by atoms with Crippen LogP contribution in [0.1, 0.15) is 35.7 Å². The molecule has 0 aliphatic carbocycles. The van der Waals surface area contributed by atoms with E-state index in [0.29, 0.717) is 28.1 Å². The summed E-state index contributed by atoms with van der Waals surface area (Å²) in [6.45, 7) is 3.89. The molecular formula is C24H23FN4O2. The van der Waals surface area contributed by atoms with Crippen LogP contribution in [-0.2, 0) is 6.54 Å². The van der Waals surface area contributed by atoms with Crippen LogP contribution < -0.4 is 5.56 Å². The van der Waals surface area contributed by atoms with Gasteiger partial charge in [0.15, 0.2) is 0 Å². The molecule has 0 saturated carbocycles. The summed E-state index contributed by atoms with van der Waals surface area (Å²) in [5.74, 6) is 0.250. The topological polar surface area (TPSA) is 59.6 Å². The van der Waals surface area contributed by atoms with Gasteiger partial charge in [-0.1, -0.05) is 19.1 Å². The van der Waals surface area contributed by atoms with Gasteiger partial charge in [0.25, 0.3) is 11.5 Å². The van der Waals surface area contributed by atoms with E-state index >= 15 is 0 Å². The van der Waals surface area contributed by atoms with E-state index in [1.54, 1.807) is 45.6 Å². The first-order valence-corrected chi connectivity index (χ1v) is 10.6. The Morgan fingerprint density at radius 2 is 1.87 bits per heavy atom. The molecular weight excluding hydrogens is 395 g/mol. The van der Waals surface area contributed by atoms with Gasteiger partial charge < -0.3 is 9.47 Å². The SMILES string of the molecule is CC1CCN(C(=O)c2ccc3c(c2)n(Cc2cccc(F)c2)c(=O)c2ccnn23)CC1. The Kier molecular flexibility index (Phi) is 4.81. The van der Waals surface area contributed by atoms with Crippen LogP contribution in [0.25, 0.3) is 16.6 Å². The van der Waals surface area contributed by atoms with Crippen LogP contribution in [-0.4, -0.2) is 38.1 Å². The molecule has 0 bridgehead atoms. The quantitative estimate of drug-likeness (QED) is 0.510. The molecule has 2 aromatic carbocycles. The third-order valence-corrected chi connectivity index (χ3v) is 6.15. The molecule has 0 N–H and O–H groups in total. The van der Waals surface area contributed by atoms with Gasteiger partial charge in [0.2, 0.25) is 0 Å². The van der Waals surface area contributed by atoms with E-state index in [4.69, 9.17) is 0 Å². The van der Waals surface area contributed by atoms with Gasteiger partial charge >= 0.3 is 0 Å². The largest absolute Gasteiger partial charge is 0.339 e. The third-order valence-electron chi connectivity index (χ3n) is 6.15. The third kappa shape index (κ3) is 3.50. The molecule has 0 radical (unpaired) electrons. The lowest BCUT2D eigenvalue weighted by atomic mass is 9.98. The number of carbonyl (C=O) groups excluding carboxylic acids is 1. The molecule has 1 fully saturated rings. The first kappa shape index (κ1) is 19.5. The molecule has 1 aliphatic heterocycles. The fraction of sp³-hybridized carbons (Fsp3) is 0.292. The van der Waals surface area contributed by atoms with E-state index in [2.05, 4.69) is 12.0 Å². The highest BCUT2D eigenvalue weighted by Crippen LogP contribution is 2.22. The van der Waals surface area contributed by atoms with Crippen molar-refractivity contribution >= 4 is 22.5 Å². The Balaban J connectivity index is 1.64. The molecule has 3 heterocycles. The van der Waals surface area contributed by atoms with E-state index in [1.165, 1.54) is 12.1 Å². The Bertz CT molecular complexity index is 1350. The fourth-order valence-electron chi connectivity index (χ4n) is 4.33. The second-order valence-corrected chi connectivity index (χ2v) is 8.33. The van der Waals surface area contributed by atoms with Crippen molar-refractivity contribution in [3.05, 3.63) is 82.0 Å². The molecule has 1 amide bonds. The molecule has 1 aliphatic rings. The number of halogens is 1. The molecule has 4 aromatic rings. The highest BCUT2D eigenvalue weighted by Gasteiger charge is 2.22. The van der Waals surface area contributed by atoms with Gasteiger partial charge in [-0.15, -0.1) is 0 Å². The first-order valence-electron chi connectivity index (χ1n) is 10.6. The number of piperidine rings is 1. The number of rotatable bonds is 3. The summed E-state index contributed by atoms with van der Waals surface area (Å²) in [6.07, 6.45) is 3.58. The minimum atomic E-state index is -0.351. The van der Waals surface area contributed by atoms with Crippen molar-refractivity contribution in [2.45, 2.75) is 26.3 Å². The van der Waals surface area contributed by atoms with Crippen molar-refractivity contribution in [1.82, 2.24) is 19.1 Å². The summed E-state index contributed by atoms with van der Waals surface area (Å²) < 4.78 is 16.9. The number of likely N-dealkylation sites (tertiary alicyclic amines) is 1. The number of nitrogens with zero attached hydrogens (tertiary/aromatic N) is 4. The van der Waals surface area contributed by atoms with Crippen molar-refractivity contribution in [3.63, 3.8) is 0 Å². The highest BCUT2D eigenvalue weighted by atomic mass is 19.1. The van der Waals surface area contributed by atoms with Crippen molar-refractivity contribution in [2.75, 3.05) is 13.1 Å². The fourth-order valence-corrected chi connectivity index (χ4v) is 4.33. The van der Waals surface area contributed by atoms with Crippen molar-refractivity contribution in [1.29, 1.82) is 0 Å². The molecule has 2 aromatic heterocycles. The number of hydrogen-bond donors (Lipinski definition) is 0. The standard InChI is InChI=1S/C24H23FN4O2/c1-16-8-11-27(12-9-16)23(30)18-5-6-20-22(14-18)28(15-17-3-2-4-19(25)13-17)24(31)21-7-10-26-29(20)21/h2-7,10,13-14,16H,8-9,11-12,15H2,1H3. The Morgan fingerprint density at radius 1 is 1.06 bits per heavy atom. The van der Waals surface area contributed by atoms with Gasteiger partial charge in [-0.05, 0) is 60.7 Å². The zero-order valence-corrected chi connectivity index (χ0v) is 17.3. The molecule has 6 nitrogen and oxygen atoms in total. The Morgan fingerprint density at radius 3 is 2.65 bits per heavy atom. The highest BCUT2D eigenvalue weighted by molar-refractivity contribution is 5.97. The minimum absolute atomic E-state index is 0.0286. The van der Waals surface area contributed by atoms with E-state index < -0.39 is 0 Å². The molecule has 158 valence electrons. The average Bonchev–Trinajstić information content (AvgIpc) is 3.27. The lowest BCUT2D eigenvalue weighted by Gasteiger charge is -2.30. The van der Waals surface area contributed by atoms with Crippen LogP contribution in [0.2, 0.25) is 0 Å². The predicted molar refractivity (Wildman–Crippen MR) is 117 cm³/mol. The summed E-state index contributed by atoms with van der Waals surface area (Å²) in [5.41, 5.74) is 2.75. The molecule has 0 atom stereocenters. The van der Waals surface area contributed by atoms with E-state index in [0.717, 1.165) is 31.4 Å². The van der Waals surface area contributed by atoms with Crippen LogP contribution in [0, 0.1) is 11.7 Å². The maximum absolute atomic E-state index is 13.7. The molecule has 1 saturated heterocycles. The van der Waals surface area contributed by atoms with Crippen LogP contribution in [0.4, 0.5) is 4.39 Å². The lowest BCUT2D eigenvalue weighted by Crippen LogP contribution is -2.38. The number of carbonyl (C=O) groups is 1. The minimum Gasteiger partial charge on any atom is -0.339 e. The number of fused-ring (bicyclic) bond motifs is 3. The number of hydrogen-bond acceptors (Lipinski definition) is 3. The summed E-state index contributed by atoms with van der Waals surface area (Å²) in [4.78, 5) is 28.2. The lowest BCUT2D eigenvalue weighted by molar-refractivity contribution is 0.0697. The van der Waals surface area contributed by atoms with Crippen LogP contribution in [0.3, 0.4) is 0 Å². The molecule has 5 rings (SSSR count). The molecule has 31 heavy (non-hydrogen) atoms.